The van der Waals surface area contributed by atoms with Crippen LogP contribution in [0.15, 0.2) is 36.4 Å². The molecule has 2 N–H and O–H groups in total. The van der Waals surface area contributed by atoms with Gasteiger partial charge in [0.25, 0.3) is 5.91 Å². The molecule has 2 amide bonds. The fourth-order valence-electron chi connectivity index (χ4n) is 4.83. The average Bonchev–Trinajstić information content (AvgIpc) is 3.51. The topological polar surface area (TPSA) is 103 Å². The molecule has 0 bridgehead atoms. The Morgan fingerprint density at radius 1 is 1.06 bits per heavy atom. The third kappa shape index (κ3) is 5.69. The maximum Gasteiger partial charge on any atom is 0.410 e. The lowest BCUT2D eigenvalue weighted by molar-refractivity contribution is 0.0718. The number of ether oxygens (including phenoxy) is 1. The molecule has 0 radical (unpaired) electrons. The Balaban J connectivity index is 1.07. The molecule has 5 rings (SSSR count). The second-order valence-corrected chi connectivity index (χ2v) is 9.92. The summed E-state index contributed by atoms with van der Waals surface area (Å²) in [6, 6.07) is 10.9. The highest BCUT2D eigenvalue weighted by Crippen LogP contribution is 2.23. The molecule has 3 heterocycles. The number of benzene rings is 2. The van der Waals surface area contributed by atoms with E-state index >= 15 is 0 Å². The number of hydrogen-bond acceptors (Lipinski definition) is 6. The van der Waals surface area contributed by atoms with E-state index in [1.54, 1.807) is 35.2 Å². The van der Waals surface area contributed by atoms with Crippen molar-refractivity contribution >= 4 is 46.2 Å². The molecular formula is C24H26Cl2N6O3. The summed E-state index contributed by atoms with van der Waals surface area (Å²) < 4.78 is 5.46. The molecule has 2 saturated heterocycles. The van der Waals surface area contributed by atoms with Gasteiger partial charge in [0.05, 0.1) is 5.52 Å². The van der Waals surface area contributed by atoms with Crippen molar-refractivity contribution in [3.05, 3.63) is 57.6 Å². The number of hydrogen-bond donors (Lipinski definition) is 2. The molecule has 184 valence electrons. The van der Waals surface area contributed by atoms with Gasteiger partial charge in [-0.25, -0.2) is 4.79 Å². The SMILES string of the molecule is O=C(NC1CCN(C2CCN(C(=O)OCc3cc(Cl)cc(Cl)c3)CC2)C1)c1ccc2[nH]nnc2c1. The molecule has 11 heteroatoms. The van der Waals surface area contributed by atoms with Gasteiger partial charge in [-0.15, -0.1) is 5.10 Å². The van der Waals surface area contributed by atoms with Crippen LogP contribution in [-0.4, -0.2) is 75.5 Å². The van der Waals surface area contributed by atoms with Crippen LogP contribution >= 0.6 is 23.2 Å². The number of carbonyl (C=O) groups excluding carboxylic acids is 2. The van der Waals surface area contributed by atoms with Crippen LogP contribution in [0.25, 0.3) is 11.0 Å². The molecule has 9 nitrogen and oxygen atoms in total. The van der Waals surface area contributed by atoms with Gasteiger partial charge < -0.3 is 15.0 Å². The number of carbonyl (C=O) groups is 2. The first-order valence-corrected chi connectivity index (χ1v) is 12.4. The zero-order valence-corrected chi connectivity index (χ0v) is 20.6. The van der Waals surface area contributed by atoms with Gasteiger partial charge in [0.2, 0.25) is 0 Å². The van der Waals surface area contributed by atoms with Crippen molar-refractivity contribution in [3.63, 3.8) is 0 Å². The van der Waals surface area contributed by atoms with E-state index < -0.39 is 0 Å². The molecule has 1 atom stereocenters. The van der Waals surface area contributed by atoms with Crippen LogP contribution in [-0.2, 0) is 11.3 Å². The van der Waals surface area contributed by atoms with Crippen molar-refractivity contribution in [2.75, 3.05) is 26.2 Å². The van der Waals surface area contributed by atoms with Gasteiger partial charge in [-0.2, -0.15) is 0 Å². The Labute approximate surface area is 212 Å². The molecule has 3 aromatic rings. The molecular weight excluding hydrogens is 491 g/mol. The number of piperidine rings is 1. The third-order valence-electron chi connectivity index (χ3n) is 6.67. The Morgan fingerprint density at radius 3 is 2.60 bits per heavy atom. The second kappa shape index (κ2) is 10.4. The molecule has 2 aromatic carbocycles. The Hall–Kier alpha value is -2.88. The number of halogens is 2. The average molecular weight is 517 g/mol. The minimum Gasteiger partial charge on any atom is -0.445 e. The van der Waals surface area contributed by atoms with Gasteiger partial charge in [-0.05, 0) is 61.2 Å². The maximum atomic E-state index is 12.7. The molecule has 0 saturated carbocycles. The van der Waals surface area contributed by atoms with E-state index in [2.05, 4.69) is 25.6 Å². The van der Waals surface area contributed by atoms with E-state index in [-0.39, 0.29) is 24.6 Å². The number of likely N-dealkylation sites (tertiary alicyclic amines) is 2. The van der Waals surface area contributed by atoms with Crippen LogP contribution in [0.5, 0.6) is 0 Å². The number of rotatable bonds is 5. The fourth-order valence-corrected chi connectivity index (χ4v) is 5.40. The van der Waals surface area contributed by atoms with Crippen LogP contribution in [0, 0.1) is 0 Å². The molecule has 2 fully saturated rings. The predicted octanol–water partition coefficient (Wildman–Crippen LogP) is 3.87. The van der Waals surface area contributed by atoms with Gasteiger partial charge in [0, 0.05) is 53.9 Å². The number of fused-ring (bicyclic) bond motifs is 1. The Morgan fingerprint density at radius 2 is 1.83 bits per heavy atom. The molecule has 2 aliphatic heterocycles. The fraction of sp³-hybridized carbons (Fsp3) is 0.417. The lowest BCUT2D eigenvalue weighted by Crippen LogP contribution is -2.47. The summed E-state index contributed by atoms with van der Waals surface area (Å²) in [6.45, 7) is 3.16. The van der Waals surface area contributed by atoms with Crippen molar-refractivity contribution in [2.45, 2.75) is 38.0 Å². The summed E-state index contributed by atoms with van der Waals surface area (Å²) >= 11 is 12.0. The third-order valence-corrected chi connectivity index (χ3v) is 7.10. The quantitative estimate of drug-likeness (QED) is 0.533. The van der Waals surface area contributed by atoms with Crippen molar-refractivity contribution in [3.8, 4) is 0 Å². The number of aromatic nitrogens is 3. The van der Waals surface area contributed by atoms with Gasteiger partial charge >= 0.3 is 6.09 Å². The number of H-pyrrole nitrogens is 1. The molecule has 35 heavy (non-hydrogen) atoms. The first-order valence-electron chi connectivity index (χ1n) is 11.7. The number of aromatic amines is 1. The first-order chi connectivity index (χ1) is 16.9. The summed E-state index contributed by atoms with van der Waals surface area (Å²) in [5.41, 5.74) is 2.82. The minimum absolute atomic E-state index is 0.0969. The summed E-state index contributed by atoms with van der Waals surface area (Å²) in [6.07, 6.45) is 2.33. The highest BCUT2D eigenvalue weighted by molar-refractivity contribution is 6.34. The highest BCUT2D eigenvalue weighted by Gasteiger charge is 2.33. The number of amides is 2. The molecule has 0 aliphatic carbocycles. The predicted molar refractivity (Wildman–Crippen MR) is 133 cm³/mol. The van der Waals surface area contributed by atoms with Gasteiger partial charge in [-0.3, -0.25) is 14.8 Å². The molecule has 1 unspecified atom stereocenters. The highest BCUT2D eigenvalue weighted by atomic mass is 35.5. The van der Waals surface area contributed by atoms with E-state index in [0.717, 1.165) is 43.4 Å². The van der Waals surface area contributed by atoms with E-state index in [0.29, 0.717) is 40.3 Å². The molecule has 2 aliphatic rings. The van der Waals surface area contributed by atoms with Gasteiger partial charge in [-0.1, -0.05) is 28.4 Å². The van der Waals surface area contributed by atoms with Crippen LogP contribution in [0.3, 0.4) is 0 Å². The number of nitrogens with one attached hydrogen (secondary N) is 2. The van der Waals surface area contributed by atoms with Crippen LogP contribution in [0.1, 0.15) is 35.2 Å². The van der Waals surface area contributed by atoms with Crippen LogP contribution in [0.2, 0.25) is 10.0 Å². The summed E-state index contributed by atoms with van der Waals surface area (Å²) in [5, 5.41) is 14.7. The summed E-state index contributed by atoms with van der Waals surface area (Å²) in [7, 11) is 0. The summed E-state index contributed by atoms with van der Waals surface area (Å²) in [4.78, 5) is 29.4. The standard InChI is InChI=1S/C24H26Cl2N6O3/c25-17-9-15(10-18(26)12-17)14-35-24(34)31-7-4-20(5-8-31)32-6-3-19(13-32)27-23(33)16-1-2-21-22(11-16)29-30-28-21/h1-2,9-12,19-20H,3-8,13-14H2,(H,27,33)(H,28,29,30). The first kappa shape index (κ1) is 23.8. The maximum absolute atomic E-state index is 12.7. The van der Waals surface area contributed by atoms with E-state index in [9.17, 15) is 9.59 Å². The van der Waals surface area contributed by atoms with E-state index in [1.165, 1.54) is 0 Å². The van der Waals surface area contributed by atoms with Crippen LogP contribution < -0.4 is 5.32 Å². The normalized spacial score (nSPS) is 19.3. The Bertz CT molecular complexity index is 1210. The summed E-state index contributed by atoms with van der Waals surface area (Å²) in [5.74, 6) is -0.0969. The van der Waals surface area contributed by atoms with Crippen molar-refractivity contribution < 1.29 is 14.3 Å². The minimum atomic E-state index is -0.324. The van der Waals surface area contributed by atoms with Crippen molar-refractivity contribution in [2.24, 2.45) is 0 Å². The smallest absolute Gasteiger partial charge is 0.410 e. The number of nitrogens with zero attached hydrogens (tertiary/aromatic N) is 4. The zero-order chi connectivity index (χ0) is 24.4. The van der Waals surface area contributed by atoms with Crippen molar-refractivity contribution in [1.29, 1.82) is 0 Å². The molecule has 0 spiro atoms. The lowest BCUT2D eigenvalue weighted by atomic mass is 10.0. The van der Waals surface area contributed by atoms with Crippen molar-refractivity contribution in [1.82, 2.24) is 30.5 Å². The molecule has 1 aromatic heterocycles. The van der Waals surface area contributed by atoms with Gasteiger partial charge in [0.1, 0.15) is 12.1 Å². The van der Waals surface area contributed by atoms with E-state index in [4.69, 9.17) is 27.9 Å². The van der Waals surface area contributed by atoms with Crippen LogP contribution in [0.4, 0.5) is 4.79 Å². The lowest BCUT2D eigenvalue weighted by Gasteiger charge is -2.36. The monoisotopic (exact) mass is 516 g/mol. The van der Waals surface area contributed by atoms with E-state index in [1.807, 2.05) is 6.07 Å². The zero-order valence-electron chi connectivity index (χ0n) is 19.0. The van der Waals surface area contributed by atoms with Gasteiger partial charge in [0.15, 0.2) is 0 Å². The second-order valence-electron chi connectivity index (χ2n) is 9.05. The largest absolute Gasteiger partial charge is 0.445 e. The Kier molecular flexibility index (Phi) is 7.08.